The average molecular weight is 269 g/mol. The Hall–Kier alpha value is -1.74. The third-order valence-corrected chi connectivity index (χ3v) is 3.65. The maximum absolute atomic E-state index is 4.33. The van der Waals surface area contributed by atoms with E-state index in [1.54, 1.807) is 0 Å². The van der Waals surface area contributed by atoms with Crippen LogP contribution in [0, 0.1) is 13.8 Å². The topological polar surface area (TPSA) is 37.8 Å². The van der Waals surface area contributed by atoms with Crippen LogP contribution in [0.4, 0.5) is 0 Å². The minimum atomic E-state index is 0.279. The third-order valence-electron chi connectivity index (χ3n) is 3.65. The lowest BCUT2D eigenvalue weighted by Gasteiger charge is -2.19. The molecule has 0 radical (unpaired) electrons. The van der Waals surface area contributed by atoms with E-state index in [4.69, 9.17) is 0 Å². The van der Waals surface area contributed by atoms with Gasteiger partial charge in [0.25, 0.3) is 0 Å². The van der Waals surface area contributed by atoms with Gasteiger partial charge < -0.3 is 5.32 Å². The molecular weight excluding hydrogens is 246 g/mol. The van der Waals surface area contributed by atoms with Gasteiger partial charge in [-0.25, -0.2) is 0 Å². The number of likely N-dealkylation sites (N-methyl/N-ethyl adjacent to an activating group) is 1. The summed E-state index contributed by atoms with van der Waals surface area (Å²) < 4.78 is 0. The highest BCUT2D eigenvalue weighted by molar-refractivity contribution is 5.29. The smallest absolute Gasteiger partial charge is 0.0676 e. The molecule has 1 unspecified atom stereocenters. The van der Waals surface area contributed by atoms with Crippen LogP contribution in [0.3, 0.4) is 0 Å². The van der Waals surface area contributed by atoms with Gasteiger partial charge in [0.05, 0.1) is 11.4 Å². The van der Waals surface area contributed by atoms with Gasteiger partial charge in [0.15, 0.2) is 0 Å². The molecule has 0 saturated heterocycles. The van der Waals surface area contributed by atoms with Crippen LogP contribution in [0.5, 0.6) is 0 Å². The first kappa shape index (κ1) is 14.7. The van der Waals surface area contributed by atoms with Crippen molar-refractivity contribution in [2.24, 2.45) is 0 Å². The molecule has 1 atom stereocenters. The highest BCUT2D eigenvalue weighted by atomic mass is 15.1. The lowest BCUT2D eigenvalue weighted by molar-refractivity contribution is 0.578. The van der Waals surface area contributed by atoms with Crippen molar-refractivity contribution < 1.29 is 0 Å². The largest absolute Gasteiger partial charge is 0.313 e. The molecule has 0 amide bonds. The summed E-state index contributed by atoms with van der Waals surface area (Å²) in [5.41, 5.74) is 5.96. The Labute approximate surface area is 121 Å². The van der Waals surface area contributed by atoms with E-state index in [1.807, 2.05) is 14.0 Å². The van der Waals surface area contributed by atoms with Crippen molar-refractivity contribution >= 4 is 0 Å². The highest BCUT2D eigenvalue weighted by Crippen LogP contribution is 2.21. The molecule has 1 N–H and O–H groups in total. The summed E-state index contributed by atoms with van der Waals surface area (Å²) in [6.45, 7) is 6.24. The first-order valence-electron chi connectivity index (χ1n) is 7.20. The molecule has 3 nitrogen and oxygen atoms in total. The van der Waals surface area contributed by atoms with Crippen molar-refractivity contribution in [2.45, 2.75) is 39.7 Å². The van der Waals surface area contributed by atoms with Crippen LogP contribution >= 0.6 is 0 Å². The molecule has 0 spiro atoms. The molecule has 2 rings (SSSR count). The number of rotatable bonds is 5. The number of benzene rings is 1. The Bertz CT molecular complexity index is 561. The number of nitrogens with zero attached hydrogens (tertiary/aromatic N) is 2. The van der Waals surface area contributed by atoms with Gasteiger partial charge in [0.1, 0.15) is 0 Å². The summed E-state index contributed by atoms with van der Waals surface area (Å²) in [6.07, 6.45) is 1.88. The molecule has 2 aromatic rings. The molecule has 0 aliphatic heterocycles. The quantitative estimate of drug-likeness (QED) is 0.906. The maximum atomic E-state index is 4.33. The average Bonchev–Trinajstić information content (AvgIpc) is 2.46. The normalized spacial score (nSPS) is 12.4. The summed E-state index contributed by atoms with van der Waals surface area (Å²) in [4.78, 5) is 0. The van der Waals surface area contributed by atoms with E-state index < -0.39 is 0 Å². The van der Waals surface area contributed by atoms with Crippen LogP contribution in [0.25, 0.3) is 0 Å². The van der Waals surface area contributed by atoms with Gasteiger partial charge in [0, 0.05) is 6.04 Å². The second-order valence-electron chi connectivity index (χ2n) is 5.27. The zero-order valence-corrected chi connectivity index (χ0v) is 12.8. The minimum Gasteiger partial charge on any atom is -0.313 e. The van der Waals surface area contributed by atoms with E-state index in [2.05, 4.69) is 59.7 Å². The Kier molecular flexibility index (Phi) is 4.85. The molecular formula is C17H23N3. The first-order valence-corrected chi connectivity index (χ1v) is 7.20. The van der Waals surface area contributed by atoms with Gasteiger partial charge in [-0.05, 0) is 50.9 Å². The van der Waals surface area contributed by atoms with Crippen LogP contribution in [0.2, 0.25) is 0 Å². The van der Waals surface area contributed by atoms with Gasteiger partial charge in [-0.2, -0.15) is 10.2 Å². The van der Waals surface area contributed by atoms with Crippen molar-refractivity contribution in [1.29, 1.82) is 0 Å². The number of hydrogen-bond donors (Lipinski definition) is 1. The molecule has 1 heterocycles. The number of hydrogen-bond acceptors (Lipinski definition) is 3. The predicted octanol–water partition coefficient (Wildman–Crippen LogP) is 3.16. The van der Waals surface area contributed by atoms with Gasteiger partial charge in [0.2, 0.25) is 0 Å². The monoisotopic (exact) mass is 269 g/mol. The van der Waals surface area contributed by atoms with E-state index in [9.17, 15) is 0 Å². The van der Waals surface area contributed by atoms with Gasteiger partial charge in [-0.1, -0.05) is 36.8 Å². The van der Waals surface area contributed by atoms with Crippen LogP contribution < -0.4 is 5.32 Å². The molecule has 0 saturated carbocycles. The summed E-state index contributed by atoms with van der Waals surface area (Å²) in [5.74, 6) is 0. The Balaban J connectivity index is 2.28. The van der Waals surface area contributed by atoms with Crippen molar-refractivity contribution in [1.82, 2.24) is 15.5 Å². The van der Waals surface area contributed by atoms with E-state index in [0.29, 0.717) is 0 Å². The molecule has 0 fully saturated rings. The fourth-order valence-electron chi connectivity index (χ4n) is 2.44. The molecule has 20 heavy (non-hydrogen) atoms. The van der Waals surface area contributed by atoms with Crippen molar-refractivity contribution in [3.05, 3.63) is 58.4 Å². The fraction of sp³-hybridized carbons (Fsp3) is 0.412. The van der Waals surface area contributed by atoms with Crippen molar-refractivity contribution in [2.75, 3.05) is 7.05 Å². The Morgan fingerprint density at radius 1 is 1.10 bits per heavy atom. The summed E-state index contributed by atoms with van der Waals surface area (Å²) in [5, 5.41) is 11.9. The van der Waals surface area contributed by atoms with Gasteiger partial charge in [-0.3, -0.25) is 0 Å². The summed E-state index contributed by atoms with van der Waals surface area (Å²) in [7, 11) is 2.01. The number of aromatic nitrogens is 2. The number of aryl methyl sites for hydroxylation is 3. The molecule has 0 aliphatic rings. The molecule has 3 heteroatoms. The zero-order valence-electron chi connectivity index (χ0n) is 12.8. The van der Waals surface area contributed by atoms with Crippen LogP contribution in [0.1, 0.15) is 41.0 Å². The van der Waals surface area contributed by atoms with E-state index in [0.717, 1.165) is 24.2 Å². The highest BCUT2D eigenvalue weighted by Gasteiger charge is 2.15. The van der Waals surface area contributed by atoms with Gasteiger partial charge >= 0.3 is 0 Å². The fourth-order valence-corrected chi connectivity index (χ4v) is 2.44. The first-order chi connectivity index (χ1) is 9.63. The van der Waals surface area contributed by atoms with Crippen LogP contribution in [-0.2, 0) is 12.8 Å². The minimum absolute atomic E-state index is 0.279. The summed E-state index contributed by atoms with van der Waals surface area (Å²) in [6, 6.07) is 11.2. The van der Waals surface area contributed by atoms with Crippen molar-refractivity contribution in [3.63, 3.8) is 0 Å². The molecule has 0 aliphatic carbocycles. The second-order valence-corrected chi connectivity index (χ2v) is 5.27. The van der Waals surface area contributed by atoms with Gasteiger partial charge in [-0.15, -0.1) is 0 Å². The SMILES string of the molecule is CCc1nnc(C)cc1C(Cc1ccc(C)cc1)NC. The van der Waals surface area contributed by atoms with Crippen LogP contribution in [0.15, 0.2) is 30.3 Å². The van der Waals surface area contributed by atoms with E-state index >= 15 is 0 Å². The Morgan fingerprint density at radius 2 is 1.80 bits per heavy atom. The Morgan fingerprint density at radius 3 is 2.40 bits per heavy atom. The van der Waals surface area contributed by atoms with E-state index in [1.165, 1.54) is 16.7 Å². The van der Waals surface area contributed by atoms with Crippen molar-refractivity contribution in [3.8, 4) is 0 Å². The third kappa shape index (κ3) is 3.42. The zero-order chi connectivity index (χ0) is 14.5. The number of nitrogens with one attached hydrogen (secondary N) is 1. The maximum Gasteiger partial charge on any atom is 0.0676 e. The standard InChI is InChI=1S/C17H23N3/c1-5-16-15(10-13(3)19-20-16)17(18-4)11-14-8-6-12(2)7-9-14/h6-10,17-18H,5,11H2,1-4H3. The second kappa shape index (κ2) is 6.62. The van der Waals surface area contributed by atoms with E-state index in [-0.39, 0.29) is 6.04 Å². The molecule has 106 valence electrons. The summed E-state index contributed by atoms with van der Waals surface area (Å²) >= 11 is 0. The molecule has 0 bridgehead atoms. The lowest BCUT2D eigenvalue weighted by atomic mass is 9.96. The van der Waals surface area contributed by atoms with Crippen LogP contribution in [-0.4, -0.2) is 17.2 Å². The molecule has 1 aromatic heterocycles. The lowest BCUT2D eigenvalue weighted by Crippen LogP contribution is -2.21. The molecule has 1 aromatic carbocycles. The predicted molar refractivity (Wildman–Crippen MR) is 82.8 cm³/mol.